The summed E-state index contributed by atoms with van der Waals surface area (Å²) >= 11 is 0. The fourth-order valence-corrected chi connectivity index (χ4v) is 4.40. The molecule has 1 fully saturated rings. The van der Waals surface area contributed by atoms with Crippen molar-refractivity contribution in [1.82, 2.24) is 9.80 Å². The van der Waals surface area contributed by atoms with Crippen molar-refractivity contribution in [2.45, 2.75) is 0 Å². The van der Waals surface area contributed by atoms with E-state index >= 15 is 0 Å². The van der Waals surface area contributed by atoms with Crippen LogP contribution in [0.25, 0.3) is 22.3 Å². The summed E-state index contributed by atoms with van der Waals surface area (Å²) in [5, 5.41) is 18.9. The molecule has 0 unspecified atom stereocenters. The lowest BCUT2D eigenvalue weighted by Gasteiger charge is -2.35. The molecule has 2 N–H and O–H groups in total. The highest BCUT2D eigenvalue weighted by atomic mass is 16.3. The summed E-state index contributed by atoms with van der Waals surface area (Å²) in [5.74, 6) is 0.346. The van der Waals surface area contributed by atoms with E-state index in [1.807, 2.05) is 72.8 Å². The number of aromatic hydroxyl groups is 2. The van der Waals surface area contributed by atoms with E-state index < -0.39 is 0 Å². The number of phenols is 2. The minimum Gasteiger partial charge on any atom is -0.508 e. The van der Waals surface area contributed by atoms with Gasteiger partial charge in [0.05, 0.1) is 0 Å². The maximum Gasteiger partial charge on any atom is 0.253 e. The predicted molar refractivity (Wildman–Crippen MR) is 139 cm³/mol. The molecule has 0 saturated carbocycles. The first-order chi connectivity index (χ1) is 17.5. The molecule has 1 heterocycles. The molecule has 5 rings (SSSR count). The van der Waals surface area contributed by atoms with Crippen LogP contribution in [0.2, 0.25) is 0 Å². The standard InChI is InChI=1S/C30H26N2O4/c33-27-13-9-23(10-14-27)21-1-5-25(6-2-21)29(35)31-17-19-32(20-18-31)30(36)26-7-3-22(4-8-26)24-11-15-28(34)16-12-24/h1-16,33-34H,17-20H2. The molecule has 6 heteroatoms. The third-order valence-corrected chi connectivity index (χ3v) is 6.52. The van der Waals surface area contributed by atoms with Crippen molar-refractivity contribution in [3.05, 3.63) is 108 Å². The summed E-state index contributed by atoms with van der Waals surface area (Å²) < 4.78 is 0. The highest BCUT2D eigenvalue weighted by molar-refractivity contribution is 5.96. The number of hydrogen-bond acceptors (Lipinski definition) is 4. The third-order valence-electron chi connectivity index (χ3n) is 6.52. The largest absolute Gasteiger partial charge is 0.508 e. The number of rotatable bonds is 4. The first-order valence-corrected chi connectivity index (χ1v) is 11.9. The van der Waals surface area contributed by atoms with Crippen LogP contribution < -0.4 is 0 Å². The summed E-state index contributed by atoms with van der Waals surface area (Å²) in [6, 6.07) is 28.8. The number of carbonyl (C=O) groups is 2. The molecule has 0 aliphatic carbocycles. The van der Waals surface area contributed by atoms with Crippen LogP contribution >= 0.6 is 0 Å². The van der Waals surface area contributed by atoms with E-state index in [0.29, 0.717) is 37.3 Å². The van der Waals surface area contributed by atoms with Crippen molar-refractivity contribution in [2.75, 3.05) is 26.2 Å². The fourth-order valence-electron chi connectivity index (χ4n) is 4.40. The Hall–Kier alpha value is -4.58. The van der Waals surface area contributed by atoms with Gasteiger partial charge in [-0.05, 0) is 70.8 Å². The maximum absolute atomic E-state index is 13.0. The van der Waals surface area contributed by atoms with Gasteiger partial charge in [-0.3, -0.25) is 9.59 Å². The van der Waals surface area contributed by atoms with Gasteiger partial charge in [-0.2, -0.15) is 0 Å². The molecular formula is C30H26N2O4. The fraction of sp³-hybridized carbons (Fsp3) is 0.133. The van der Waals surface area contributed by atoms with Crippen LogP contribution in [0.5, 0.6) is 11.5 Å². The van der Waals surface area contributed by atoms with Gasteiger partial charge >= 0.3 is 0 Å². The number of benzene rings is 4. The van der Waals surface area contributed by atoms with Gasteiger partial charge < -0.3 is 20.0 Å². The Morgan fingerprint density at radius 2 is 0.694 bits per heavy atom. The van der Waals surface area contributed by atoms with Gasteiger partial charge in [0, 0.05) is 37.3 Å². The Kier molecular flexibility index (Phi) is 6.41. The van der Waals surface area contributed by atoms with E-state index in [0.717, 1.165) is 22.3 Å². The van der Waals surface area contributed by atoms with Crippen LogP contribution in [-0.4, -0.2) is 58.0 Å². The molecule has 0 radical (unpaired) electrons. The maximum atomic E-state index is 13.0. The smallest absolute Gasteiger partial charge is 0.253 e. The van der Waals surface area contributed by atoms with E-state index in [4.69, 9.17) is 0 Å². The number of nitrogens with zero attached hydrogens (tertiary/aromatic N) is 2. The van der Waals surface area contributed by atoms with Gasteiger partial charge in [-0.15, -0.1) is 0 Å². The van der Waals surface area contributed by atoms with Crippen LogP contribution in [0, 0.1) is 0 Å². The molecule has 180 valence electrons. The lowest BCUT2D eigenvalue weighted by Crippen LogP contribution is -2.50. The Morgan fingerprint density at radius 3 is 0.972 bits per heavy atom. The minimum absolute atomic E-state index is 0.0439. The zero-order valence-electron chi connectivity index (χ0n) is 19.7. The van der Waals surface area contributed by atoms with Gasteiger partial charge in [-0.25, -0.2) is 0 Å². The quantitative estimate of drug-likeness (QED) is 0.431. The van der Waals surface area contributed by atoms with Crippen molar-refractivity contribution < 1.29 is 19.8 Å². The lowest BCUT2D eigenvalue weighted by atomic mass is 10.0. The summed E-state index contributed by atoms with van der Waals surface area (Å²) in [5.41, 5.74) is 5.10. The second kappa shape index (κ2) is 9.96. The summed E-state index contributed by atoms with van der Waals surface area (Å²) in [4.78, 5) is 29.6. The minimum atomic E-state index is -0.0439. The number of carbonyl (C=O) groups excluding carboxylic acids is 2. The van der Waals surface area contributed by atoms with Crippen molar-refractivity contribution in [1.29, 1.82) is 0 Å². The topological polar surface area (TPSA) is 81.1 Å². The average Bonchev–Trinajstić information content (AvgIpc) is 2.93. The van der Waals surface area contributed by atoms with Crippen LogP contribution in [0.4, 0.5) is 0 Å². The summed E-state index contributed by atoms with van der Waals surface area (Å²) in [6.45, 7) is 1.93. The molecule has 1 aliphatic heterocycles. The van der Waals surface area contributed by atoms with E-state index in [-0.39, 0.29) is 23.3 Å². The zero-order chi connectivity index (χ0) is 25.1. The second-order valence-electron chi connectivity index (χ2n) is 8.83. The Balaban J connectivity index is 1.18. The summed E-state index contributed by atoms with van der Waals surface area (Å²) in [7, 11) is 0. The molecule has 1 aliphatic rings. The highest BCUT2D eigenvalue weighted by Crippen LogP contribution is 2.24. The van der Waals surface area contributed by atoms with Crippen molar-refractivity contribution in [3.8, 4) is 33.8 Å². The van der Waals surface area contributed by atoms with Gasteiger partial charge in [0.1, 0.15) is 11.5 Å². The molecule has 0 aromatic heterocycles. The number of phenolic OH excluding ortho intramolecular Hbond substituents is 2. The molecule has 4 aromatic rings. The Bertz CT molecular complexity index is 1250. The SMILES string of the molecule is O=C(c1ccc(-c2ccc(O)cc2)cc1)N1CCN(C(=O)c2ccc(-c3ccc(O)cc3)cc2)CC1. The molecule has 2 amide bonds. The normalized spacial score (nSPS) is 13.4. The number of piperazine rings is 1. The Labute approximate surface area is 209 Å². The number of amides is 2. The van der Waals surface area contributed by atoms with E-state index in [1.165, 1.54) is 0 Å². The molecule has 1 saturated heterocycles. The molecular weight excluding hydrogens is 452 g/mol. The van der Waals surface area contributed by atoms with Gasteiger partial charge in [-0.1, -0.05) is 48.5 Å². The van der Waals surface area contributed by atoms with Crippen LogP contribution in [0.1, 0.15) is 20.7 Å². The van der Waals surface area contributed by atoms with Gasteiger partial charge in [0.15, 0.2) is 0 Å². The van der Waals surface area contributed by atoms with E-state index in [9.17, 15) is 19.8 Å². The molecule has 4 aromatic carbocycles. The highest BCUT2D eigenvalue weighted by Gasteiger charge is 2.25. The van der Waals surface area contributed by atoms with Gasteiger partial charge in [0.25, 0.3) is 11.8 Å². The zero-order valence-corrected chi connectivity index (χ0v) is 19.7. The first-order valence-electron chi connectivity index (χ1n) is 11.9. The van der Waals surface area contributed by atoms with Crippen LogP contribution in [-0.2, 0) is 0 Å². The molecule has 36 heavy (non-hydrogen) atoms. The van der Waals surface area contributed by atoms with Crippen LogP contribution in [0.3, 0.4) is 0 Å². The molecule has 0 bridgehead atoms. The van der Waals surface area contributed by atoms with Crippen molar-refractivity contribution >= 4 is 11.8 Å². The molecule has 0 spiro atoms. The van der Waals surface area contributed by atoms with Crippen molar-refractivity contribution in [3.63, 3.8) is 0 Å². The average molecular weight is 479 g/mol. The Morgan fingerprint density at radius 1 is 0.444 bits per heavy atom. The van der Waals surface area contributed by atoms with E-state index in [1.54, 1.807) is 34.1 Å². The first kappa shape index (κ1) is 23.2. The predicted octanol–water partition coefficient (Wildman–Crippen LogP) is 5.03. The third kappa shape index (κ3) is 4.93. The van der Waals surface area contributed by atoms with Gasteiger partial charge in [0.2, 0.25) is 0 Å². The molecule has 6 nitrogen and oxygen atoms in total. The van der Waals surface area contributed by atoms with Crippen molar-refractivity contribution in [2.24, 2.45) is 0 Å². The molecule has 0 atom stereocenters. The van der Waals surface area contributed by atoms with E-state index in [2.05, 4.69) is 0 Å². The van der Waals surface area contributed by atoms with Crippen LogP contribution in [0.15, 0.2) is 97.1 Å². The lowest BCUT2D eigenvalue weighted by molar-refractivity contribution is 0.0535. The summed E-state index contributed by atoms with van der Waals surface area (Å²) in [6.07, 6.45) is 0. The second-order valence-corrected chi connectivity index (χ2v) is 8.83. The monoisotopic (exact) mass is 478 g/mol. The number of hydrogen-bond donors (Lipinski definition) is 2.